The van der Waals surface area contributed by atoms with Gasteiger partial charge in [0.05, 0.1) is 18.1 Å². The first-order valence-electron chi connectivity index (χ1n) is 5.71. The molecule has 0 saturated carbocycles. The summed E-state index contributed by atoms with van der Waals surface area (Å²) in [7, 11) is 3.59. The lowest BCUT2D eigenvalue weighted by Gasteiger charge is -2.09. The Labute approximate surface area is 115 Å². The van der Waals surface area contributed by atoms with Crippen LogP contribution >= 0.6 is 15.9 Å². The summed E-state index contributed by atoms with van der Waals surface area (Å²) in [6.07, 6.45) is 3.82. The number of hydrogen-bond donors (Lipinski definition) is 1. The third kappa shape index (κ3) is 2.91. The Bertz CT molecular complexity index is 525. The summed E-state index contributed by atoms with van der Waals surface area (Å²) >= 11 is 3.50. The standard InChI is InChI=1S/C13H16BrN3O/c1-15-8-13-16-5-6-17(13)9-10-3-4-12(18-2)11(14)7-10/h3-7,15H,8-9H2,1-2H3. The van der Waals surface area contributed by atoms with Gasteiger partial charge in [-0.25, -0.2) is 4.98 Å². The molecule has 0 fully saturated rings. The van der Waals surface area contributed by atoms with E-state index in [-0.39, 0.29) is 0 Å². The lowest BCUT2D eigenvalue weighted by molar-refractivity contribution is 0.412. The summed E-state index contributed by atoms with van der Waals surface area (Å²) in [5.41, 5.74) is 1.21. The van der Waals surface area contributed by atoms with Crippen LogP contribution in [0.3, 0.4) is 0 Å². The van der Waals surface area contributed by atoms with Gasteiger partial charge in [-0.3, -0.25) is 0 Å². The number of benzene rings is 1. The Morgan fingerprint density at radius 3 is 2.94 bits per heavy atom. The highest BCUT2D eigenvalue weighted by atomic mass is 79.9. The maximum atomic E-state index is 5.22. The van der Waals surface area contributed by atoms with Crippen molar-refractivity contribution in [2.45, 2.75) is 13.1 Å². The average molecular weight is 310 g/mol. The number of aromatic nitrogens is 2. The van der Waals surface area contributed by atoms with Crippen LogP contribution in [0.4, 0.5) is 0 Å². The van der Waals surface area contributed by atoms with Crippen molar-refractivity contribution in [1.82, 2.24) is 14.9 Å². The summed E-state index contributed by atoms with van der Waals surface area (Å²) < 4.78 is 8.32. The van der Waals surface area contributed by atoms with Crippen LogP contribution in [0.2, 0.25) is 0 Å². The number of rotatable bonds is 5. The van der Waals surface area contributed by atoms with Crippen LogP contribution < -0.4 is 10.1 Å². The van der Waals surface area contributed by atoms with Crippen molar-refractivity contribution in [2.75, 3.05) is 14.2 Å². The van der Waals surface area contributed by atoms with Gasteiger partial charge in [0.2, 0.25) is 0 Å². The molecule has 18 heavy (non-hydrogen) atoms. The van der Waals surface area contributed by atoms with Gasteiger partial charge in [0.25, 0.3) is 0 Å². The molecule has 1 heterocycles. The molecular weight excluding hydrogens is 294 g/mol. The molecule has 0 aliphatic carbocycles. The van der Waals surface area contributed by atoms with E-state index in [4.69, 9.17) is 4.74 Å². The van der Waals surface area contributed by atoms with Crippen LogP contribution in [-0.4, -0.2) is 23.7 Å². The molecule has 0 aliphatic rings. The number of nitrogens with zero attached hydrogens (tertiary/aromatic N) is 2. The molecule has 0 bridgehead atoms. The van der Waals surface area contributed by atoms with Crippen molar-refractivity contribution >= 4 is 15.9 Å². The minimum absolute atomic E-state index is 0.768. The van der Waals surface area contributed by atoms with Crippen LogP contribution in [0.15, 0.2) is 35.1 Å². The van der Waals surface area contributed by atoms with Crippen molar-refractivity contribution in [3.63, 3.8) is 0 Å². The van der Waals surface area contributed by atoms with Crippen LogP contribution in [-0.2, 0) is 13.1 Å². The molecule has 4 nitrogen and oxygen atoms in total. The van der Waals surface area contributed by atoms with E-state index >= 15 is 0 Å². The normalized spacial score (nSPS) is 10.6. The molecule has 2 rings (SSSR count). The number of methoxy groups -OCH3 is 1. The Balaban J connectivity index is 2.18. The van der Waals surface area contributed by atoms with E-state index in [2.05, 4.69) is 42.9 Å². The SMILES string of the molecule is CNCc1nccn1Cc1ccc(OC)c(Br)c1. The summed E-state index contributed by atoms with van der Waals surface area (Å²) in [5, 5.41) is 3.11. The number of imidazole rings is 1. The average Bonchev–Trinajstić information content (AvgIpc) is 2.78. The molecule has 0 spiro atoms. The fourth-order valence-corrected chi connectivity index (χ4v) is 2.40. The summed E-state index contributed by atoms with van der Waals surface area (Å²) in [6.45, 7) is 1.57. The molecule has 0 unspecified atom stereocenters. The minimum Gasteiger partial charge on any atom is -0.496 e. The highest BCUT2D eigenvalue weighted by Crippen LogP contribution is 2.25. The van der Waals surface area contributed by atoms with Gasteiger partial charge >= 0.3 is 0 Å². The van der Waals surface area contributed by atoms with Gasteiger partial charge in [0, 0.05) is 18.9 Å². The van der Waals surface area contributed by atoms with Crippen LogP contribution in [0.5, 0.6) is 5.75 Å². The van der Waals surface area contributed by atoms with E-state index in [0.717, 1.165) is 29.1 Å². The third-order valence-corrected chi connectivity index (χ3v) is 3.33. The Morgan fingerprint density at radius 2 is 2.28 bits per heavy atom. The van der Waals surface area contributed by atoms with E-state index in [9.17, 15) is 0 Å². The molecule has 1 aromatic carbocycles. The van der Waals surface area contributed by atoms with Gasteiger partial charge in [-0.15, -0.1) is 0 Å². The number of nitrogens with one attached hydrogen (secondary N) is 1. The molecule has 96 valence electrons. The Hall–Kier alpha value is -1.33. The molecule has 0 amide bonds. The lowest BCUT2D eigenvalue weighted by atomic mass is 10.2. The largest absolute Gasteiger partial charge is 0.496 e. The van der Waals surface area contributed by atoms with Crippen LogP contribution in [0, 0.1) is 0 Å². The van der Waals surface area contributed by atoms with Crippen LogP contribution in [0.25, 0.3) is 0 Å². The lowest BCUT2D eigenvalue weighted by Crippen LogP contribution is -2.12. The zero-order valence-electron chi connectivity index (χ0n) is 10.5. The quantitative estimate of drug-likeness (QED) is 0.922. The van der Waals surface area contributed by atoms with Crippen molar-refractivity contribution < 1.29 is 4.74 Å². The molecule has 5 heteroatoms. The maximum absolute atomic E-state index is 5.22. The van der Waals surface area contributed by atoms with E-state index in [1.54, 1.807) is 7.11 Å². The molecule has 1 N–H and O–H groups in total. The predicted molar refractivity (Wildman–Crippen MR) is 74.8 cm³/mol. The van der Waals surface area contributed by atoms with Gasteiger partial charge < -0.3 is 14.6 Å². The summed E-state index contributed by atoms with van der Waals surface area (Å²) in [6, 6.07) is 6.10. The second kappa shape index (κ2) is 6.02. The minimum atomic E-state index is 0.768. The fourth-order valence-electron chi connectivity index (χ4n) is 1.81. The maximum Gasteiger partial charge on any atom is 0.133 e. The second-order valence-electron chi connectivity index (χ2n) is 3.97. The molecule has 2 aromatic rings. The first-order valence-corrected chi connectivity index (χ1v) is 6.51. The molecule has 1 aromatic heterocycles. The highest BCUT2D eigenvalue weighted by Gasteiger charge is 2.05. The monoisotopic (exact) mass is 309 g/mol. The number of ether oxygens (including phenoxy) is 1. The van der Waals surface area contributed by atoms with E-state index in [1.807, 2.05) is 25.5 Å². The molecule has 0 radical (unpaired) electrons. The van der Waals surface area contributed by atoms with Gasteiger partial charge in [-0.1, -0.05) is 6.07 Å². The topological polar surface area (TPSA) is 39.1 Å². The predicted octanol–water partition coefficient (Wildman–Crippen LogP) is 2.42. The van der Waals surface area contributed by atoms with E-state index in [0.29, 0.717) is 0 Å². The molecule has 0 saturated heterocycles. The first kappa shape index (κ1) is 13.1. The summed E-state index contributed by atoms with van der Waals surface area (Å²) in [5.74, 6) is 1.88. The van der Waals surface area contributed by atoms with E-state index < -0.39 is 0 Å². The highest BCUT2D eigenvalue weighted by molar-refractivity contribution is 9.10. The smallest absolute Gasteiger partial charge is 0.133 e. The van der Waals surface area contributed by atoms with Gasteiger partial charge in [-0.2, -0.15) is 0 Å². The van der Waals surface area contributed by atoms with Crippen molar-refractivity contribution in [3.8, 4) is 5.75 Å². The number of hydrogen-bond acceptors (Lipinski definition) is 3. The zero-order valence-corrected chi connectivity index (χ0v) is 12.1. The summed E-state index contributed by atoms with van der Waals surface area (Å²) in [4.78, 5) is 4.32. The van der Waals surface area contributed by atoms with Gasteiger partial charge in [0.15, 0.2) is 0 Å². The van der Waals surface area contributed by atoms with E-state index in [1.165, 1.54) is 5.56 Å². The molecule has 0 aliphatic heterocycles. The third-order valence-electron chi connectivity index (χ3n) is 2.71. The van der Waals surface area contributed by atoms with Crippen molar-refractivity contribution in [3.05, 3.63) is 46.5 Å². The number of halogens is 1. The Kier molecular flexibility index (Phi) is 4.38. The van der Waals surface area contributed by atoms with Crippen LogP contribution in [0.1, 0.15) is 11.4 Å². The molecular formula is C13H16BrN3O. The fraction of sp³-hybridized carbons (Fsp3) is 0.308. The molecule has 0 atom stereocenters. The first-order chi connectivity index (χ1) is 8.74. The van der Waals surface area contributed by atoms with Crippen molar-refractivity contribution in [1.29, 1.82) is 0 Å². The van der Waals surface area contributed by atoms with Gasteiger partial charge in [0.1, 0.15) is 11.6 Å². The second-order valence-corrected chi connectivity index (χ2v) is 4.82. The Morgan fingerprint density at radius 1 is 1.44 bits per heavy atom. The van der Waals surface area contributed by atoms with Crippen molar-refractivity contribution in [2.24, 2.45) is 0 Å². The zero-order chi connectivity index (χ0) is 13.0. The van der Waals surface area contributed by atoms with Gasteiger partial charge in [-0.05, 0) is 40.7 Å².